The van der Waals surface area contributed by atoms with Crippen molar-refractivity contribution in [2.24, 2.45) is 16.7 Å². The molecule has 3 aliphatic carbocycles. The van der Waals surface area contributed by atoms with E-state index in [1.54, 1.807) is 19.9 Å². The van der Waals surface area contributed by atoms with Crippen LogP contribution in [0.15, 0.2) is 41.2 Å². The molecular formula is C32H40O7. The van der Waals surface area contributed by atoms with Crippen molar-refractivity contribution in [1.82, 2.24) is 0 Å². The number of ketones is 3. The first-order valence-corrected chi connectivity index (χ1v) is 13.4. The summed E-state index contributed by atoms with van der Waals surface area (Å²) in [5.74, 6) is -3.41. The van der Waals surface area contributed by atoms with Crippen LogP contribution >= 0.6 is 0 Å². The number of hydrogen-bond acceptors (Lipinski definition) is 7. The van der Waals surface area contributed by atoms with E-state index in [-0.39, 0.29) is 41.2 Å². The van der Waals surface area contributed by atoms with Crippen molar-refractivity contribution in [2.45, 2.75) is 92.3 Å². The molecule has 0 bridgehead atoms. The van der Waals surface area contributed by atoms with Gasteiger partial charge in [0.25, 0.3) is 0 Å². The first-order valence-electron chi connectivity index (χ1n) is 13.4. The third-order valence-corrected chi connectivity index (χ3v) is 9.71. The minimum absolute atomic E-state index is 0.0944. The van der Waals surface area contributed by atoms with Gasteiger partial charge in [-0.15, -0.1) is 0 Å². The molecule has 0 aromatic heterocycles. The molecule has 39 heavy (non-hydrogen) atoms. The van der Waals surface area contributed by atoms with Gasteiger partial charge in [0.15, 0.2) is 11.4 Å². The Balaban J connectivity index is 1.95. The molecule has 0 radical (unpaired) electrons. The van der Waals surface area contributed by atoms with Gasteiger partial charge in [0.05, 0.1) is 16.9 Å². The minimum atomic E-state index is -2.53. The van der Waals surface area contributed by atoms with Crippen molar-refractivity contribution in [3.05, 3.63) is 57.9 Å². The van der Waals surface area contributed by atoms with E-state index in [1.807, 2.05) is 47.6 Å². The molecule has 0 amide bonds. The number of fused-ring (bicyclic) bond motifs is 3. The number of benzene rings is 1. The second-order valence-electron chi connectivity index (χ2n) is 13.1. The minimum Gasteiger partial charge on any atom is -0.507 e. The van der Waals surface area contributed by atoms with E-state index >= 15 is 0 Å². The van der Waals surface area contributed by atoms with Gasteiger partial charge in [0, 0.05) is 28.4 Å². The summed E-state index contributed by atoms with van der Waals surface area (Å²) in [6, 6.07) is 3.61. The van der Waals surface area contributed by atoms with Crippen molar-refractivity contribution in [3.8, 4) is 5.75 Å². The van der Waals surface area contributed by atoms with Crippen LogP contribution in [-0.4, -0.2) is 43.9 Å². The second-order valence-corrected chi connectivity index (χ2v) is 13.1. The molecule has 0 heterocycles. The lowest BCUT2D eigenvalue weighted by Crippen LogP contribution is -2.71. The van der Waals surface area contributed by atoms with E-state index in [0.717, 1.165) is 0 Å². The number of phenolic OH excluding ortho intramolecular Hbond substituents is 1. The number of carbonyl (C=O) groups is 3. The van der Waals surface area contributed by atoms with Gasteiger partial charge in [0.2, 0.25) is 11.6 Å². The molecule has 3 aliphatic rings. The lowest BCUT2D eigenvalue weighted by atomic mass is 9.40. The molecular weight excluding hydrogens is 496 g/mol. The lowest BCUT2D eigenvalue weighted by Gasteiger charge is -2.62. The van der Waals surface area contributed by atoms with Crippen molar-refractivity contribution < 1.29 is 34.4 Å². The molecule has 0 saturated heterocycles. The van der Waals surface area contributed by atoms with Gasteiger partial charge in [-0.25, -0.2) is 0 Å². The Hall–Kier alpha value is -3.19. The van der Waals surface area contributed by atoms with Crippen LogP contribution in [-0.2, 0) is 25.5 Å². The lowest BCUT2D eigenvalue weighted by molar-refractivity contribution is -0.182. The number of Topliss-reactive ketones (excluding diaryl/α,β-unsaturated/α-hetero) is 3. The summed E-state index contributed by atoms with van der Waals surface area (Å²) in [5.41, 5.74) is -3.70. The highest BCUT2D eigenvalue weighted by Gasteiger charge is 2.73. The van der Waals surface area contributed by atoms with Gasteiger partial charge in [-0.2, -0.15) is 0 Å². The maximum absolute atomic E-state index is 14.3. The van der Waals surface area contributed by atoms with Gasteiger partial charge in [-0.3, -0.25) is 14.4 Å². The van der Waals surface area contributed by atoms with Crippen molar-refractivity contribution in [3.63, 3.8) is 0 Å². The molecule has 7 heteroatoms. The standard InChI is InChI=1S/C32H40O7/c1-15-14-30(9)19(5)31(10)17(3)21-12-11-20(13-16(2)39-29(6,7)8)25(34)23(21)26(35)24(31)28(37)32(30,38)27(36)22(15)18(4)33/h11-12,17,19,34-35,38H,2,13-14H2,1,3-10H3/t17-,19+,30+,31-,32+/m1/s1. The largest absolute Gasteiger partial charge is 0.507 e. The normalized spacial score (nSPS) is 32.5. The molecule has 3 N–H and O–H groups in total. The zero-order chi connectivity index (χ0) is 29.6. The summed E-state index contributed by atoms with van der Waals surface area (Å²) in [4.78, 5) is 40.5. The van der Waals surface area contributed by atoms with E-state index < -0.39 is 51.1 Å². The molecule has 1 aromatic carbocycles. The predicted molar refractivity (Wildman–Crippen MR) is 148 cm³/mol. The van der Waals surface area contributed by atoms with Crippen molar-refractivity contribution in [1.29, 1.82) is 0 Å². The summed E-state index contributed by atoms with van der Waals surface area (Å²) in [5, 5.41) is 35.1. The molecule has 0 spiro atoms. The Bertz CT molecular complexity index is 1400. The van der Waals surface area contributed by atoms with Gasteiger partial charge < -0.3 is 20.1 Å². The van der Waals surface area contributed by atoms with Crippen LogP contribution in [0.2, 0.25) is 0 Å². The van der Waals surface area contributed by atoms with E-state index in [1.165, 1.54) is 6.92 Å². The smallest absolute Gasteiger partial charge is 0.206 e. The number of rotatable bonds is 4. The summed E-state index contributed by atoms with van der Waals surface area (Å²) >= 11 is 0. The molecule has 7 nitrogen and oxygen atoms in total. The van der Waals surface area contributed by atoms with Crippen LogP contribution in [0.1, 0.15) is 91.3 Å². The number of allylic oxidation sites excluding steroid dienone is 2. The Labute approximate surface area is 230 Å². The fourth-order valence-corrected chi connectivity index (χ4v) is 7.48. The van der Waals surface area contributed by atoms with Gasteiger partial charge >= 0.3 is 0 Å². The zero-order valence-corrected chi connectivity index (χ0v) is 24.4. The highest BCUT2D eigenvalue weighted by atomic mass is 16.5. The average Bonchev–Trinajstić information content (AvgIpc) is 2.79. The van der Waals surface area contributed by atoms with E-state index in [9.17, 15) is 29.7 Å². The van der Waals surface area contributed by atoms with Gasteiger partial charge in [-0.05, 0) is 58.4 Å². The predicted octanol–water partition coefficient (Wildman–Crippen LogP) is 5.49. The van der Waals surface area contributed by atoms with Crippen LogP contribution < -0.4 is 0 Å². The fraction of sp³-hybridized carbons (Fsp3) is 0.531. The Morgan fingerprint density at radius 2 is 1.72 bits per heavy atom. The van der Waals surface area contributed by atoms with Crippen molar-refractivity contribution >= 4 is 23.1 Å². The molecule has 0 aliphatic heterocycles. The summed E-state index contributed by atoms with van der Waals surface area (Å²) in [6.07, 6.45) is 0.363. The molecule has 0 unspecified atom stereocenters. The van der Waals surface area contributed by atoms with Crippen LogP contribution in [0, 0.1) is 16.7 Å². The first kappa shape index (κ1) is 28.8. The molecule has 1 fully saturated rings. The monoisotopic (exact) mass is 536 g/mol. The second kappa shape index (κ2) is 8.65. The van der Waals surface area contributed by atoms with Crippen LogP contribution in [0.3, 0.4) is 0 Å². The van der Waals surface area contributed by atoms with Crippen molar-refractivity contribution in [2.75, 3.05) is 0 Å². The Kier molecular flexibility index (Phi) is 6.39. The number of carbonyl (C=O) groups excluding carboxylic acids is 3. The van der Waals surface area contributed by atoms with E-state index in [4.69, 9.17) is 4.74 Å². The fourth-order valence-electron chi connectivity index (χ4n) is 7.48. The maximum Gasteiger partial charge on any atom is 0.206 e. The van der Waals surface area contributed by atoms with Crippen LogP contribution in [0.5, 0.6) is 5.75 Å². The van der Waals surface area contributed by atoms with E-state index in [2.05, 4.69) is 6.58 Å². The molecule has 210 valence electrons. The highest BCUT2D eigenvalue weighted by Crippen LogP contribution is 2.68. The first-order chi connectivity index (χ1) is 17.7. The van der Waals surface area contributed by atoms with E-state index in [0.29, 0.717) is 22.5 Å². The number of aromatic hydroxyl groups is 1. The quantitative estimate of drug-likeness (QED) is 0.264. The molecule has 1 saturated carbocycles. The molecule has 4 rings (SSSR count). The topological polar surface area (TPSA) is 121 Å². The number of phenols is 1. The highest BCUT2D eigenvalue weighted by molar-refractivity contribution is 6.33. The Morgan fingerprint density at radius 3 is 2.26 bits per heavy atom. The van der Waals surface area contributed by atoms with Gasteiger partial charge in [0.1, 0.15) is 17.1 Å². The van der Waals surface area contributed by atoms with Crippen LogP contribution in [0.4, 0.5) is 0 Å². The third-order valence-electron chi connectivity index (χ3n) is 9.71. The number of ether oxygens (including phenoxy) is 1. The summed E-state index contributed by atoms with van der Waals surface area (Å²) in [7, 11) is 0. The molecule has 1 aromatic rings. The summed E-state index contributed by atoms with van der Waals surface area (Å²) in [6.45, 7) is 20.0. The average molecular weight is 537 g/mol. The number of hydrogen-bond donors (Lipinski definition) is 3. The summed E-state index contributed by atoms with van der Waals surface area (Å²) < 4.78 is 5.82. The zero-order valence-electron chi connectivity index (χ0n) is 24.4. The Morgan fingerprint density at radius 1 is 1.13 bits per heavy atom. The van der Waals surface area contributed by atoms with Gasteiger partial charge in [-0.1, -0.05) is 52.0 Å². The van der Waals surface area contributed by atoms with Crippen LogP contribution in [0.25, 0.3) is 5.76 Å². The molecule has 5 atom stereocenters. The number of aliphatic hydroxyl groups is 2. The SMILES string of the molecule is C=C(Cc1ccc2c(c1O)C(O)=C1C(=O)[C@@]3(O)C(=O)C(C(C)=O)=C(C)C[C@@]3(C)[C@H](C)[C@@]1(C)[C@@H]2C)OC(C)(C)C. The number of aliphatic hydroxyl groups excluding tert-OH is 1. The third kappa shape index (κ3) is 3.69. The maximum atomic E-state index is 14.3.